The number of Topliss-reactive ketones (excluding diaryl/α,β-unsaturated/α-hetero) is 2. The van der Waals surface area contributed by atoms with Gasteiger partial charge < -0.3 is 53.1 Å². The molecule has 1 aromatic carbocycles. The Kier molecular flexibility index (Phi) is 13.5. The van der Waals surface area contributed by atoms with Crippen LogP contribution in [0.5, 0.6) is 0 Å². The van der Waals surface area contributed by atoms with Gasteiger partial charge in [0.15, 0.2) is 5.79 Å². The lowest BCUT2D eigenvalue weighted by Gasteiger charge is -2.47. The van der Waals surface area contributed by atoms with E-state index in [2.05, 4.69) is 32.3 Å². The Morgan fingerprint density at radius 2 is 1.63 bits per heavy atom. The quantitative estimate of drug-likeness (QED) is 0.121. The molecule has 9 saturated heterocycles. The molecule has 6 bridgehead atoms. The van der Waals surface area contributed by atoms with Crippen molar-refractivity contribution in [2.24, 2.45) is 11.8 Å². The Hall–Kier alpha value is -2.89. The summed E-state index contributed by atoms with van der Waals surface area (Å²) < 4.78 is 59.3. The van der Waals surface area contributed by atoms with Gasteiger partial charge in [0.05, 0.1) is 67.1 Å². The lowest BCUT2D eigenvalue weighted by molar-refractivity contribution is -0.292. The molecule has 0 saturated carbocycles. The van der Waals surface area contributed by atoms with Gasteiger partial charge in [-0.1, -0.05) is 57.3 Å². The highest BCUT2D eigenvalue weighted by molar-refractivity contribution is 6.42. The number of benzene rings is 1. The zero-order valence-electron chi connectivity index (χ0n) is 37.2. The molecule has 0 radical (unpaired) electrons. The Bertz CT molecular complexity index is 1860. The van der Waals surface area contributed by atoms with Crippen LogP contribution in [-0.2, 0) is 52.2 Å². The monoisotopic (exact) mass is 877 g/mol. The minimum absolute atomic E-state index is 0.0261. The first-order chi connectivity index (χ1) is 30.3. The van der Waals surface area contributed by atoms with Gasteiger partial charge in [-0.2, -0.15) is 0 Å². The molecule has 1 amide bonds. The lowest BCUT2D eigenvalue weighted by Crippen LogP contribution is -2.61. The fourth-order valence-corrected chi connectivity index (χ4v) is 11.8. The Labute approximate surface area is 371 Å². The second-order valence-corrected chi connectivity index (χ2v) is 19.6. The molecule has 63 heavy (non-hydrogen) atoms. The molecule has 10 rings (SSSR count). The van der Waals surface area contributed by atoms with Crippen LogP contribution in [0.25, 0.3) is 0 Å². The third-order valence-corrected chi connectivity index (χ3v) is 15.3. The van der Waals surface area contributed by atoms with Crippen molar-refractivity contribution >= 4 is 17.5 Å². The van der Waals surface area contributed by atoms with E-state index in [0.29, 0.717) is 25.7 Å². The first-order valence-corrected chi connectivity index (χ1v) is 23.6. The molecule has 0 aromatic heterocycles. The number of ketones is 2. The summed E-state index contributed by atoms with van der Waals surface area (Å²) >= 11 is 0. The number of methoxy groups -OCH3 is 1. The number of hydrogen-bond donors (Lipinski definition) is 2. The van der Waals surface area contributed by atoms with Gasteiger partial charge in [-0.05, 0) is 62.5 Å². The van der Waals surface area contributed by atoms with Crippen molar-refractivity contribution in [3.05, 3.63) is 60.2 Å². The molecule has 19 atom stereocenters. The Morgan fingerprint density at radius 3 is 2.38 bits per heavy atom. The molecule has 9 fully saturated rings. The van der Waals surface area contributed by atoms with Crippen molar-refractivity contribution in [2.45, 2.75) is 201 Å². The molecule has 14 heteroatoms. The number of nitrogens with one attached hydrogen (secondary N) is 1. The van der Waals surface area contributed by atoms with Gasteiger partial charge in [-0.15, -0.1) is 0 Å². The summed E-state index contributed by atoms with van der Waals surface area (Å²) in [6.07, 6.45) is 2.32. The van der Waals surface area contributed by atoms with Gasteiger partial charge in [0, 0.05) is 63.7 Å². The molecule has 1 aromatic rings. The summed E-state index contributed by atoms with van der Waals surface area (Å²) in [4.78, 5) is 39.6. The minimum atomic E-state index is -1.04. The number of aliphatic hydroxyl groups excluding tert-OH is 1. The molecular weight excluding hydrogens is 811 g/mol. The lowest BCUT2D eigenvalue weighted by atomic mass is 9.81. The number of aliphatic hydroxyl groups is 1. The average Bonchev–Trinajstić information content (AvgIpc) is 3.94. The minimum Gasteiger partial charge on any atom is -0.391 e. The second-order valence-electron chi connectivity index (χ2n) is 19.6. The molecule has 0 spiro atoms. The number of hydrogen-bond acceptors (Lipinski definition) is 13. The van der Waals surface area contributed by atoms with E-state index in [4.69, 9.17) is 42.6 Å². The number of ether oxygens (including phenoxy) is 9. The molecule has 2 N–H and O–H groups in total. The van der Waals surface area contributed by atoms with Crippen molar-refractivity contribution in [1.82, 2.24) is 5.32 Å². The van der Waals surface area contributed by atoms with Crippen LogP contribution in [0.1, 0.15) is 108 Å². The molecular formula is C49H67NO13. The van der Waals surface area contributed by atoms with Crippen LogP contribution in [0, 0.1) is 11.8 Å². The van der Waals surface area contributed by atoms with Crippen LogP contribution < -0.4 is 5.32 Å². The summed E-state index contributed by atoms with van der Waals surface area (Å²) in [6.45, 7) is 14.8. The standard InChI is InChI=1S/C49H67NO13/c1-7-32-17-25(2)27(4)37(57-32)22-38-35(42(55-6)39(59-38)21-31(52)24-50-48(54)41(53)29-11-9-8-10-12-29)20-30(51)19-33-13-14-36-43(58-33)47-46-45(60-36)44-40(61-46)23-49(62-44,63-47)16-15-34-18-26(3)28(5)56-34/h8-12,25,28,31-40,42-47,52H,3-4,7,13-24H2,1-2,5-6H3,(H,50,54). The van der Waals surface area contributed by atoms with Crippen LogP contribution in [-0.4, -0.2) is 140 Å². The van der Waals surface area contributed by atoms with Gasteiger partial charge in [-0.3, -0.25) is 14.4 Å². The van der Waals surface area contributed by atoms with Crippen molar-refractivity contribution in [2.75, 3.05) is 13.7 Å². The summed E-state index contributed by atoms with van der Waals surface area (Å²) in [7, 11) is 1.60. The van der Waals surface area contributed by atoms with Crippen molar-refractivity contribution in [3.8, 4) is 0 Å². The fraction of sp³-hybridized carbons (Fsp3) is 0.735. The molecule has 9 aliphatic heterocycles. The normalized spacial score (nSPS) is 43.2. The third-order valence-electron chi connectivity index (χ3n) is 15.3. The molecule has 346 valence electrons. The molecule has 9 aliphatic rings. The zero-order valence-corrected chi connectivity index (χ0v) is 37.2. The number of carbonyl (C=O) groups excluding carboxylic acids is 3. The largest absolute Gasteiger partial charge is 0.391 e. The number of fused-ring (bicyclic) bond motifs is 1. The predicted molar refractivity (Wildman–Crippen MR) is 228 cm³/mol. The van der Waals surface area contributed by atoms with Crippen LogP contribution in [0.4, 0.5) is 0 Å². The number of rotatable bonds is 17. The first-order valence-electron chi connectivity index (χ1n) is 23.6. The first kappa shape index (κ1) is 45.3. The second kappa shape index (κ2) is 18.8. The highest BCUT2D eigenvalue weighted by atomic mass is 16.8. The van der Waals surface area contributed by atoms with Crippen molar-refractivity contribution in [1.29, 1.82) is 0 Å². The summed E-state index contributed by atoms with van der Waals surface area (Å²) in [5.41, 5.74) is 2.39. The van der Waals surface area contributed by atoms with Crippen molar-refractivity contribution < 1.29 is 62.1 Å². The van der Waals surface area contributed by atoms with E-state index in [9.17, 15) is 19.5 Å². The highest BCUT2D eigenvalue weighted by Gasteiger charge is 2.68. The van der Waals surface area contributed by atoms with Gasteiger partial charge >= 0.3 is 0 Å². The maximum Gasteiger partial charge on any atom is 0.292 e. The predicted octanol–water partition coefficient (Wildman–Crippen LogP) is 5.11. The average molecular weight is 878 g/mol. The highest BCUT2D eigenvalue weighted by Crippen LogP contribution is 2.54. The third kappa shape index (κ3) is 9.28. The Morgan fingerprint density at radius 1 is 0.873 bits per heavy atom. The topological polar surface area (TPSA) is 167 Å². The fourth-order valence-electron chi connectivity index (χ4n) is 11.8. The van der Waals surface area contributed by atoms with Crippen LogP contribution in [0.2, 0.25) is 0 Å². The van der Waals surface area contributed by atoms with Gasteiger partial charge in [0.2, 0.25) is 5.78 Å². The van der Waals surface area contributed by atoms with Gasteiger partial charge in [0.1, 0.15) is 36.3 Å². The van der Waals surface area contributed by atoms with E-state index in [1.165, 1.54) is 0 Å². The Balaban J connectivity index is 0.852. The van der Waals surface area contributed by atoms with Crippen LogP contribution in [0.15, 0.2) is 54.6 Å². The summed E-state index contributed by atoms with van der Waals surface area (Å²) in [5, 5.41) is 13.7. The molecule has 9 heterocycles. The zero-order chi connectivity index (χ0) is 44.2. The van der Waals surface area contributed by atoms with E-state index in [1.807, 2.05) is 6.92 Å². The van der Waals surface area contributed by atoms with E-state index in [0.717, 1.165) is 43.3 Å². The molecule has 14 nitrogen and oxygen atoms in total. The number of amides is 1. The summed E-state index contributed by atoms with van der Waals surface area (Å²) in [6, 6.07) is 8.29. The van der Waals surface area contributed by atoms with Crippen LogP contribution in [0.3, 0.4) is 0 Å². The van der Waals surface area contributed by atoms with Crippen molar-refractivity contribution in [3.63, 3.8) is 0 Å². The van der Waals surface area contributed by atoms with E-state index >= 15 is 0 Å². The maximum absolute atomic E-state index is 14.3. The van der Waals surface area contributed by atoms with Crippen LogP contribution >= 0.6 is 0 Å². The number of carbonyl (C=O) groups is 3. The van der Waals surface area contributed by atoms with E-state index in [-0.39, 0.29) is 116 Å². The SMILES string of the molecule is C=C1CC(CCC23CC4OC5C(OC6CCC(CC(=O)CC7C(CC8OC(CC)CC(C)C8=C)OC(CC(O)CNC(=O)C(=O)c8ccccc8)C7OC)OC6C5O2)C4O3)OC1C. The molecule has 0 aliphatic carbocycles. The van der Waals surface area contributed by atoms with E-state index < -0.39 is 48.0 Å². The smallest absolute Gasteiger partial charge is 0.292 e. The van der Waals surface area contributed by atoms with E-state index in [1.54, 1.807) is 37.4 Å². The summed E-state index contributed by atoms with van der Waals surface area (Å²) in [5.74, 6) is -2.34. The maximum atomic E-state index is 14.3. The van der Waals surface area contributed by atoms with Gasteiger partial charge in [-0.25, -0.2) is 0 Å². The molecule has 19 unspecified atom stereocenters. The van der Waals surface area contributed by atoms with Gasteiger partial charge in [0.25, 0.3) is 5.91 Å².